The number of nitrogens with two attached hydrogens (primary N) is 2. The van der Waals surface area contributed by atoms with E-state index < -0.39 is 53.8 Å². The molecule has 0 aromatic rings. The zero-order chi connectivity index (χ0) is 23.0. The van der Waals surface area contributed by atoms with Crippen molar-refractivity contribution in [3.05, 3.63) is 0 Å². The maximum Gasteiger partial charge on any atom is 0.327 e. The summed E-state index contributed by atoms with van der Waals surface area (Å²) in [5.41, 5.74) is 10.7. The van der Waals surface area contributed by atoms with Gasteiger partial charge in [0.15, 0.2) is 0 Å². The molecular weight excluding hydrogens is 414 g/mol. The lowest BCUT2D eigenvalue weighted by molar-refractivity contribution is -0.145. The minimum absolute atomic E-state index is 0.0922. The molecule has 12 heteroatoms. The highest BCUT2D eigenvalue weighted by Gasteiger charge is 2.40. The number of amides is 4. The van der Waals surface area contributed by atoms with Crippen LogP contribution >= 0.6 is 12.6 Å². The number of rotatable bonds is 11. The summed E-state index contributed by atoms with van der Waals surface area (Å²) in [4.78, 5) is 61.6. The number of carbonyl (C=O) groups excluding carboxylic acids is 4. The fraction of sp³-hybridized carbons (Fsp3) is 0.722. The first-order valence-electron chi connectivity index (χ1n) is 9.82. The highest BCUT2D eigenvalue weighted by atomic mass is 32.1. The van der Waals surface area contributed by atoms with Gasteiger partial charge >= 0.3 is 5.97 Å². The van der Waals surface area contributed by atoms with E-state index in [-0.39, 0.29) is 18.1 Å². The Labute approximate surface area is 180 Å². The second-order valence-electron chi connectivity index (χ2n) is 7.42. The molecule has 1 aliphatic heterocycles. The number of carboxylic acids is 1. The third-order valence-electron chi connectivity index (χ3n) is 5.17. The lowest BCUT2D eigenvalue weighted by Crippen LogP contribution is -2.58. The van der Waals surface area contributed by atoms with Gasteiger partial charge in [0.05, 0.1) is 12.5 Å². The van der Waals surface area contributed by atoms with E-state index in [2.05, 4.69) is 23.3 Å². The number of aliphatic carboxylic acids is 1. The minimum atomic E-state index is -1.22. The van der Waals surface area contributed by atoms with Gasteiger partial charge in [0.25, 0.3) is 0 Å². The molecule has 5 unspecified atom stereocenters. The average Bonchev–Trinajstić information content (AvgIpc) is 3.17. The van der Waals surface area contributed by atoms with Gasteiger partial charge in [0.2, 0.25) is 23.6 Å². The van der Waals surface area contributed by atoms with Crippen LogP contribution in [0.25, 0.3) is 0 Å². The number of likely N-dealkylation sites (tertiary alicyclic amines) is 1. The summed E-state index contributed by atoms with van der Waals surface area (Å²) in [6.45, 7) is 3.92. The Morgan fingerprint density at radius 3 is 2.37 bits per heavy atom. The molecule has 1 saturated heterocycles. The van der Waals surface area contributed by atoms with E-state index in [4.69, 9.17) is 16.6 Å². The lowest BCUT2D eigenvalue weighted by atomic mass is 9.96. The van der Waals surface area contributed by atoms with Crippen LogP contribution in [0.5, 0.6) is 0 Å². The molecular formula is C18H31N5O6S. The van der Waals surface area contributed by atoms with Crippen molar-refractivity contribution in [2.45, 2.75) is 63.7 Å². The molecule has 1 fully saturated rings. The Morgan fingerprint density at radius 1 is 1.23 bits per heavy atom. The molecule has 5 atom stereocenters. The number of hydrogen-bond acceptors (Lipinski definition) is 7. The zero-order valence-electron chi connectivity index (χ0n) is 17.2. The van der Waals surface area contributed by atoms with Crippen LogP contribution in [-0.4, -0.2) is 76.1 Å². The Kier molecular flexibility index (Phi) is 10.1. The van der Waals surface area contributed by atoms with Gasteiger partial charge in [-0.15, -0.1) is 0 Å². The Bertz CT molecular complexity index is 675. The van der Waals surface area contributed by atoms with Crippen LogP contribution in [0.4, 0.5) is 0 Å². The molecule has 170 valence electrons. The fourth-order valence-electron chi connectivity index (χ4n) is 3.19. The van der Waals surface area contributed by atoms with Gasteiger partial charge in [0.1, 0.15) is 18.1 Å². The first-order valence-corrected chi connectivity index (χ1v) is 10.4. The Hall–Kier alpha value is -2.34. The van der Waals surface area contributed by atoms with Gasteiger partial charge in [-0.1, -0.05) is 20.3 Å². The number of thiol groups is 1. The van der Waals surface area contributed by atoms with E-state index in [0.29, 0.717) is 25.8 Å². The van der Waals surface area contributed by atoms with Crippen molar-refractivity contribution >= 4 is 42.2 Å². The molecule has 0 aromatic carbocycles. The minimum Gasteiger partial charge on any atom is -0.480 e. The van der Waals surface area contributed by atoms with Crippen molar-refractivity contribution < 1.29 is 29.1 Å². The van der Waals surface area contributed by atoms with Crippen molar-refractivity contribution in [2.24, 2.45) is 17.4 Å². The summed E-state index contributed by atoms with van der Waals surface area (Å²) >= 11 is 3.92. The smallest absolute Gasteiger partial charge is 0.327 e. The molecule has 0 aromatic heterocycles. The molecule has 1 aliphatic rings. The van der Waals surface area contributed by atoms with Crippen LogP contribution in [0.2, 0.25) is 0 Å². The van der Waals surface area contributed by atoms with E-state index >= 15 is 0 Å². The molecule has 7 N–H and O–H groups in total. The number of nitrogens with zero attached hydrogens (tertiary/aromatic N) is 1. The SMILES string of the molecule is CCC(C)C(NC(=O)C(N)CC(N)=O)C(=O)N1CCCC1C(=O)NC(CS)C(=O)O. The number of hydrogen-bond donors (Lipinski definition) is 6. The van der Waals surface area contributed by atoms with Crippen LogP contribution in [0.15, 0.2) is 0 Å². The van der Waals surface area contributed by atoms with Gasteiger partial charge in [-0.2, -0.15) is 12.6 Å². The first kappa shape index (κ1) is 25.7. The van der Waals surface area contributed by atoms with Crippen molar-refractivity contribution in [3.63, 3.8) is 0 Å². The fourth-order valence-corrected chi connectivity index (χ4v) is 3.44. The highest BCUT2D eigenvalue weighted by molar-refractivity contribution is 7.80. The molecule has 0 bridgehead atoms. The van der Waals surface area contributed by atoms with Crippen LogP contribution in [0.1, 0.15) is 39.5 Å². The van der Waals surface area contributed by atoms with E-state index in [9.17, 15) is 24.0 Å². The highest BCUT2D eigenvalue weighted by Crippen LogP contribution is 2.21. The van der Waals surface area contributed by atoms with Crippen LogP contribution in [-0.2, 0) is 24.0 Å². The van der Waals surface area contributed by atoms with Crippen molar-refractivity contribution in [1.29, 1.82) is 0 Å². The molecule has 1 heterocycles. The van der Waals surface area contributed by atoms with Crippen LogP contribution in [0.3, 0.4) is 0 Å². The van der Waals surface area contributed by atoms with E-state index in [1.54, 1.807) is 6.92 Å². The maximum atomic E-state index is 13.2. The second kappa shape index (κ2) is 11.7. The third kappa shape index (κ3) is 6.87. The molecule has 0 saturated carbocycles. The number of nitrogens with one attached hydrogen (secondary N) is 2. The molecule has 30 heavy (non-hydrogen) atoms. The van der Waals surface area contributed by atoms with Crippen molar-refractivity contribution in [3.8, 4) is 0 Å². The predicted molar refractivity (Wildman–Crippen MR) is 111 cm³/mol. The molecule has 0 aliphatic carbocycles. The quantitative estimate of drug-likeness (QED) is 0.203. The summed E-state index contributed by atoms with van der Waals surface area (Å²) in [6, 6.07) is -4.15. The summed E-state index contributed by atoms with van der Waals surface area (Å²) in [5, 5.41) is 14.1. The largest absolute Gasteiger partial charge is 0.480 e. The predicted octanol–water partition coefficient (Wildman–Crippen LogP) is -1.79. The summed E-state index contributed by atoms with van der Waals surface area (Å²) in [7, 11) is 0. The molecule has 11 nitrogen and oxygen atoms in total. The normalized spacial score (nSPS) is 20.0. The van der Waals surface area contributed by atoms with Gasteiger partial charge in [0, 0.05) is 12.3 Å². The summed E-state index contributed by atoms with van der Waals surface area (Å²) in [5.74, 6) is -4.05. The first-order chi connectivity index (χ1) is 14.0. The zero-order valence-corrected chi connectivity index (χ0v) is 18.1. The van der Waals surface area contributed by atoms with E-state index in [0.717, 1.165) is 0 Å². The van der Waals surface area contributed by atoms with E-state index in [1.165, 1.54) is 4.90 Å². The Balaban J connectivity index is 2.96. The van der Waals surface area contributed by atoms with Gasteiger partial charge in [-0.05, 0) is 18.8 Å². The summed E-state index contributed by atoms with van der Waals surface area (Å²) in [6.07, 6.45) is 1.14. The third-order valence-corrected chi connectivity index (χ3v) is 5.54. The Morgan fingerprint density at radius 2 is 1.87 bits per heavy atom. The topological polar surface area (TPSA) is 185 Å². The lowest BCUT2D eigenvalue weighted by Gasteiger charge is -2.32. The second-order valence-corrected chi connectivity index (χ2v) is 7.79. The van der Waals surface area contributed by atoms with Gasteiger partial charge < -0.3 is 32.1 Å². The van der Waals surface area contributed by atoms with Crippen molar-refractivity contribution in [1.82, 2.24) is 15.5 Å². The van der Waals surface area contributed by atoms with Gasteiger partial charge in [-0.25, -0.2) is 4.79 Å². The van der Waals surface area contributed by atoms with E-state index in [1.807, 2.05) is 6.92 Å². The molecule has 4 amide bonds. The number of carboxylic acid groups (broad SMARTS) is 1. The van der Waals surface area contributed by atoms with Crippen LogP contribution in [0, 0.1) is 5.92 Å². The number of carbonyl (C=O) groups is 5. The standard InChI is InChI=1S/C18H31N5O6S/c1-3-9(2)14(22-15(25)10(19)7-13(20)24)17(27)23-6-4-5-12(23)16(26)21-11(8-30)18(28)29/h9-12,14,30H,3-8,19H2,1-2H3,(H2,20,24)(H,21,26)(H,22,25)(H,28,29). The van der Waals surface area contributed by atoms with Crippen molar-refractivity contribution in [2.75, 3.05) is 12.3 Å². The van der Waals surface area contributed by atoms with Gasteiger partial charge in [-0.3, -0.25) is 19.2 Å². The van der Waals surface area contributed by atoms with Crippen LogP contribution < -0.4 is 22.1 Å². The molecule has 1 rings (SSSR count). The average molecular weight is 446 g/mol. The number of primary amides is 1. The molecule has 0 radical (unpaired) electrons. The summed E-state index contributed by atoms with van der Waals surface area (Å²) < 4.78 is 0. The maximum absolute atomic E-state index is 13.2. The molecule has 0 spiro atoms. The monoisotopic (exact) mass is 445 g/mol.